The summed E-state index contributed by atoms with van der Waals surface area (Å²) in [5.41, 5.74) is 5.90. The van der Waals surface area contributed by atoms with Crippen LogP contribution in [0.5, 0.6) is 11.5 Å². The monoisotopic (exact) mass is 962 g/mol. The summed E-state index contributed by atoms with van der Waals surface area (Å²) in [6.07, 6.45) is 37.0. The molecule has 0 aliphatic heterocycles. The van der Waals surface area contributed by atoms with E-state index in [1.807, 2.05) is 24.3 Å². The standard InChI is InChI=1S/C60H79N7O4/c1-3-5-7-9-11-13-15-17-19-21-23-25-27-48-29-33-52(34-30-48)63-65-55-38-41-59(68)50(43-55)46-61-54-37-40-58(67(70)71)57(45-54)62-47-51-44-56(39-42-60(51)69)66-64-53-35-31-49(32-36-53)28-26-24-22-20-18-16-14-12-10-8-6-4-2/h29-47,68-69H,3-28H2,1-2H3. The molecule has 0 spiro atoms. The van der Waals surface area contributed by atoms with Crippen LogP contribution in [0.25, 0.3) is 0 Å². The third kappa shape index (κ3) is 22.1. The maximum atomic E-state index is 12.0. The highest BCUT2D eigenvalue weighted by molar-refractivity contribution is 5.89. The third-order valence-electron chi connectivity index (χ3n) is 12.9. The van der Waals surface area contributed by atoms with E-state index in [-0.39, 0.29) is 22.9 Å². The SMILES string of the molecule is CCCCCCCCCCCCCCc1ccc(N=Nc2ccc(O)c(C=Nc3ccc([N+](=O)[O-])c(N=Cc4cc(N=Nc5ccc(CCCCCCCCCCCCCC)cc5)ccc4O)c3)c2)cc1. The number of benzene rings is 5. The van der Waals surface area contributed by atoms with E-state index in [1.54, 1.807) is 24.3 Å². The number of aryl methyl sites for hydroxylation is 2. The first-order valence-corrected chi connectivity index (χ1v) is 26.8. The summed E-state index contributed by atoms with van der Waals surface area (Å²) in [7, 11) is 0. The average Bonchev–Trinajstić information content (AvgIpc) is 3.38. The molecule has 0 aromatic heterocycles. The Hall–Kier alpha value is -6.36. The minimum absolute atomic E-state index is 0.00967. The maximum absolute atomic E-state index is 12.0. The van der Waals surface area contributed by atoms with E-state index in [9.17, 15) is 20.3 Å². The van der Waals surface area contributed by atoms with E-state index in [0.717, 1.165) is 18.5 Å². The molecule has 0 radical (unpaired) electrons. The number of nitro benzene ring substituents is 1. The largest absolute Gasteiger partial charge is 0.507 e. The van der Waals surface area contributed by atoms with E-state index in [2.05, 4.69) is 68.6 Å². The number of hydrogen-bond acceptors (Lipinski definition) is 10. The van der Waals surface area contributed by atoms with Crippen LogP contribution < -0.4 is 0 Å². The van der Waals surface area contributed by atoms with Gasteiger partial charge in [-0.2, -0.15) is 20.5 Å². The number of phenolic OH excluding ortho intramolecular Hbond substituents is 2. The lowest BCUT2D eigenvalue weighted by atomic mass is 10.0. The van der Waals surface area contributed by atoms with Gasteiger partial charge in [-0.05, 0) is 110 Å². The summed E-state index contributed by atoms with van der Waals surface area (Å²) in [5, 5.41) is 50.8. The molecule has 0 saturated heterocycles. The van der Waals surface area contributed by atoms with Crippen LogP contribution in [0.4, 0.5) is 39.8 Å². The Labute approximate surface area is 424 Å². The second-order valence-corrected chi connectivity index (χ2v) is 18.9. The zero-order chi connectivity index (χ0) is 50.1. The molecule has 0 heterocycles. The van der Waals surface area contributed by atoms with E-state index in [1.165, 1.54) is 208 Å². The van der Waals surface area contributed by atoms with Gasteiger partial charge in [-0.25, -0.2) is 4.99 Å². The number of nitrogens with zero attached hydrogens (tertiary/aromatic N) is 7. The Morgan fingerprint density at radius 1 is 0.408 bits per heavy atom. The lowest BCUT2D eigenvalue weighted by molar-refractivity contribution is -0.384. The van der Waals surface area contributed by atoms with Gasteiger partial charge in [0.2, 0.25) is 0 Å². The van der Waals surface area contributed by atoms with Crippen LogP contribution in [0, 0.1) is 10.1 Å². The normalized spacial score (nSPS) is 11.9. The summed E-state index contributed by atoms with van der Waals surface area (Å²) in [4.78, 5) is 20.3. The molecule has 11 heteroatoms. The van der Waals surface area contributed by atoms with Gasteiger partial charge in [0.25, 0.3) is 5.69 Å². The molecule has 71 heavy (non-hydrogen) atoms. The number of aliphatic imine (C=N–C) groups is 2. The maximum Gasteiger partial charge on any atom is 0.294 e. The van der Waals surface area contributed by atoms with Crippen LogP contribution in [0.3, 0.4) is 0 Å². The van der Waals surface area contributed by atoms with Crippen LogP contribution >= 0.6 is 0 Å². The van der Waals surface area contributed by atoms with E-state index >= 15 is 0 Å². The predicted octanol–water partition coefficient (Wildman–Crippen LogP) is 19.8. The number of rotatable bonds is 35. The van der Waals surface area contributed by atoms with Crippen LogP contribution in [-0.2, 0) is 12.8 Å². The quantitative estimate of drug-likeness (QED) is 0.0136. The van der Waals surface area contributed by atoms with Crippen molar-refractivity contribution in [2.24, 2.45) is 30.4 Å². The molecule has 2 N–H and O–H groups in total. The Morgan fingerprint density at radius 2 is 0.746 bits per heavy atom. The molecule has 5 rings (SSSR count). The van der Waals surface area contributed by atoms with Gasteiger partial charge in [0.1, 0.15) is 17.2 Å². The highest BCUT2D eigenvalue weighted by Gasteiger charge is 2.14. The predicted molar refractivity (Wildman–Crippen MR) is 295 cm³/mol. The van der Waals surface area contributed by atoms with Crippen molar-refractivity contribution in [3.8, 4) is 11.5 Å². The molecular weight excluding hydrogens is 883 g/mol. The van der Waals surface area contributed by atoms with Gasteiger partial charge in [-0.3, -0.25) is 15.1 Å². The molecule has 11 nitrogen and oxygen atoms in total. The van der Waals surface area contributed by atoms with E-state index in [0.29, 0.717) is 33.9 Å². The number of phenols is 2. The molecule has 0 amide bonds. The summed E-state index contributed by atoms with van der Waals surface area (Å²) < 4.78 is 0. The first-order valence-electron chi connectivity index (χ1n) is 26.8. The van der Waals surface area contributed by atoms with Crippen molar-refractivity contribution in [2.75, 3.05) is 0 Å². The highest BCUT2D eigenvalue weighted by atomic mass is 16.6. The lowest BCUT2D eigenvalue weighted by Crippen LogP contribution is -1.89. The fraction of sp³-hybridized carbons (Fsp3) is 0.467. The summed E-state index contributed by atoms with van der Waals surface area (Å²) >= 11 is 0. The number of aromatic hydroxyl groups is 2. The first-order chi connectivity index (χ1) is 34.8. The first kappa shape index (κ1) is 55.6. The topological polar surface area (TPSA) is 158 Å². The van der Waals surface area contributed by atoms with Crippen LogP contribution in [0.15, 0.2) is 134 Å². The van der Waals surface area contributed by atoms with Gasteiger partial charge in [0, 0.05) is 29.6 Å². The molecule has 0 fully saturated rings. The molecule has 0 atom stereocenters. The second kappa shape index (κ2) is 33.3. The molecule has 5 aromatic carbocycles. The van der Waals surface area contributed by atoms with Crippen LogP contribution in [-0.4, -0.2) is 27.6 Å². The minimum Gasteiger partial charge on any atom is -0.507 e. The number of nitro groups is 1. The van der Waals surface area contributed by atoms with E-state index in [4.69, 9.17) is 0 Å². The van der Waals surface area contributed by atoms with Crippen LogP contribution in [0.2, 0.25) is 0 Å². The zero-order valence-electron chi connectivity index (χ0n) is 42.7. The Kier molecular flexibility index (Phi) is 26.0. The second-order valence-electron chi connectivity index (χ2n) is 18.9. The number of azo groups is 2. The third-order valence-corrected chi connectivity index (χ3v) is 12.9. The van der Waals surface area contributed by atoms with Crippen molar-refractivity contribution in [2.45, 2.75) is 181 Å². The Balaban J connectivity index is 1.09. The van der Waals surface area contributed by atoms with Gasteiger partial charge in [-0.15, -0.1) is 0 Å². The zero-order valence-corrected chi connectivity index (χ0v) is 42.7. The summed E-state index contributed by atoms with van der Waals surface area (Å²) in [6, 6.07) is 30.2. The fourth-order valence-electron chi connectivity index (χ4n) is 8.58. The molecular formula is C60H79N7O4. The van der Waals surface area contributed by atoms with Crippen molar-refractivity contribution in [3.63, 3.8) is 0 Å². The van der Waals surface area contributed by atoms with Crippen molar-refractivity contribution in [1.29, 1.82) is 0 Å². The Morgan fingerprint density at radius 3 is 1.14 bits per heavy atom. The minimum atomic E-state index is -0.525. The van der Waals surface area contributed by atoms with Crippen molar-refractivity contribution in [3.05, 3.63) is 135 Å². The van der Waals surface area contributed by atoms with Gasteiger partial charge in [0.05, 0.1) is 33.4 Å². The van der Waals surface area contributed by atoms with Gasteiger partial charge in [-0.1, -0.05) is 179 Å². The lowest BCUT2D eigenvalue weighted by Gasteiger charge is -2.04. The molecule has 0 aliphatic rings. The Bertz CT molecular complexity index is 2430. The van der Waals surface area contributed by atoms with Crippen molar-refractivity contribution < 1.29 is 15.1 Å². The van der Waals surface area contributed by atoms with Gasteiger partial charge in [0.15, 0.2) is 0 Å². The molecule has 0 unspecified atom stereocenters. The fourth-order valence-corrected chi connectivity index (χ4v) is 8.58. The molecule has 0 aliphatic carbocycles. The van der Waals surface area contributed by atoms with Crippen molar-refractivity contribution >= 4 is 52.2 Å². The van der Waals surface area contributed by atoms with Gasteiger partial charge >= 0.3 is 0 Å². The van der Waals surface area contributed by atoms with E-state index < -0.39 is 4.92 Å². The van der Waals surface area contributed by atoms with Gasteiger partial charge < -0.3 is 10.2 Å². The molecule has 0 bridgehead atoms. The molecule has 378 valence electrons. The highest BCUT2D eigenvalue weighted by Crippen LogP contribution is 2.33. The molecule has 5 aromatic rings. The van der Waals surface area contributed by atoms with Crippen molar-refractivity contribution in [1.82, 2.24) is 0 Å². The average molecular weight is 962 g/mol. The van der Waals surface area contributed by atoms with Crippen LogP contribution in [0.1, 0.15) is 190 Å². The number of hydrogen-bond donors (Lipinski definition) is 2. The number of unbranched alkanes of at least 4 members (excludes halogenated alkanes) is 22. The smallest absolute Gasteiger partial charge is 0.294 e. The summed E-state index contributed by atoms with van der Waals surface area (Å²) in [5.74, 6) is -0.0780. The molecule has 0 saturated carbocycles. The summed E-state index contributed by atoms with van der Waals surface area (Å²) in [6.45, 7) is 4.53.